The Hall–Kier alpha value is -2.62. The first kappa shape index (κ1) is 18.2. The first-order chi connectivity index (χ1) is 12.6. The van der Waals surface area contributed by atoms with Crippen molar-refractivity contribution in [1.29, 1.82) is 0 Å². The highest BCUT2D eigenvalue weighted by atomic mass is 16.2. The van der Waals surface area contributed by atoms with Crippen LogP contribution in [0.25, 0.3) is 0 Å². The Morgan fingerprint density at radius 1 is 0.962 bits per heavy atom. The zero-order valence-corrected chi connectivity index (χ0v) is 15.5. The van der Waals surface area contributed by atoms with Crippen molar-refractivity contribution < 1.29 is 9.59 Å². The Labute approximate surface area is 155 Å². The summed E-state index contributed by atoms with van der Waals surface area (Å²) in [6.07, 6.45) is 4.20. The van der Waals surface area contributed by atoms with Gasteiger partial charge in [-0.05, 0) is 68.0 Å². The molecule has 3 rings (SSSR count). The summed E-state index contributed by atoms with van der Waals surface area (Å²) in [5.41, 5.74) is 4.26. The van der Waals surface area contributed by atoms with Crippen LogP contribution in [0.15, 0.2) is 42.5 Å². The molecule has 0 radical (unpaired) electrons. The molecule has 1 aliphatic heterocycles. The van der Waals surface area contributed by atoms with Gasteiger partial charge in [0.15, 0.2) is 0 Å². The number of hydrogen-bond donors (Lipinski definition) is 1. The van der Waals surface area contributed by atoms with Gasteiger partial charge >= 0.3 is 0 Å². The first-order valence-electron chi connectivity index (χ1n) is 9.39. The third-order valence-electron chi connectivity index (χ3n) is 5.02. The molecule has 1 N–H and O–H groups in total. The molecule has 26 heavy (non-hydrogen) atoms. The lowest BCUT2D eigenvalue weighted by atomic mass is 10.0. The molecule has 0 aromatic heterocycles. The molecular weight excluding hydrogens is 324 g/mol. The minimum Gasteiger partial charge on any atom is -0.339 e. The van der Waals surface area contributed by atoms with Crippen molar-refractivity contribution in [3.63, 3.8) is 0 Å². The number of nitrogens with one attached hydrogen (secondary N) is 1. The Bertz CT molecular complexity index is 790. The number of anilines is 1. The van der Waals surface area contributed by atoms with E-state index in [0.29, 0.717) is 11.1 Å². The molecule has 0 bridgehead atoms. The molecule has 2 aromatic carbocycles. The van der Waals surface area contributed by atoms with Crippen molar-refractivity contribution in [2.75, 3.05) is 18.4 Å². The molecule has 4 heteroatoms. The van der Waals surface area contributed by atoms with E-state index in [-0.39, 0.29) is 11.8 Å². The highest BCUT2D eigenvalue weighted by Crippen LogP contribution is 2.22. The van der Waals surface area contributed by atoms with Crippen LogP contribution >= 0.6 is 0 Å². The molecule has 0 spiro atoms. The van der Waals surface area contributed by atoms with Crippen LogP contribution in [0.3, 0.4) is 0 Å². The van der Waals surface area contributed by atoms with Crippen molar-refractivity contribution in [2.45, 2.75) is 39.5 Å². The molecular formula is C22H26N2O2. The van der Waals surface area contributed by atoms with Gasteiger partial charge in [-0.1, -0.05) is 25.1 Å². The van der Waals surface area contributed by atoms with Crippen molar-refractivity contribution in [2.24, 2.45) is 0 Å². The Balaban J connectivity index is 1.72. The van der Waals surface area contributed by atoms with Crippen molar-refractivity contribution >= 4 is 17.5 Å². The van der Waals surface area contributed by atoms with E-state index < -0.39 is 0 Å². The second-order valence-electron chi connectivity index (χ2n) is 6.85. The van der Waals surface area contributed by atoms with Crippen LogP contribution in [0.4, 0.5) is 5.69 Å². The number of carbonyl (C=O) groups is 2. The van der Waals surface area contributed by atoms with Gasteiger partial charge in [0.1, 0.15) is 0 Å². The fourth-order valence-corrected chi connectivity index (χ4v) is 3.43. The minimum atomic E-state index is -0.147. The summed E-state index contributed by atoms with van der Waals surface area (Å²) in [7, 11) is 0. The van der Waals surface area contributed by atoms with Crippen molar-refractivity contribution in [3.8, 4) is 0 Å². The summed E-state index contributed by atoms with van der Waals surface area (Å²) in [5.74, 6) is -0.0881. The monoisotopic (exact) mass is 350 g/mol. The van der Waals surface area contributed by atoms with Gasteiger partial charge in [-0.25, -0.2) is 0 Å². The normalized spacial score (nSPS) is 14.2. The lowest BCUT2D eigenvalue weighted by molar-refractivity contribution is 0.0724. The largest absolute Gasteiger partial charge is 0.339 e. The average Bonchev–Trinajstić information content (AvgIpc) is 2.69. The third kappa shape index (κ3) is 3.96. The molecule has 1 aliphatic rings. The van der Waals surface area contributed by atoms with E-state index in [0.717, 1.165) is 49.2 Å². The summed E-state index contributed by atoms with van der Waals surface area (Å²) in [6, 6.07) is 13.0. The van der Waals surface area contributed by atoms with Crippen molar-refractivity contribution in [1.82, 2.24) is 4.90 Å². The molecule has 0 unspecified atom stereocenters. The second-order valence-corrected chi connectivity index (χ2v) is 6.85. The molecule has 2 aromatic rings. The van der Waals surface area contributed by atoms with E-state index in [4.69, 9.17) is 0 Å². The van der Waals surface area contributed by atoms with E-state index >= 15 is 0 Å². The van der Waals surface area contributed by atoms with Crippen LogP contribution in [0, 0.1) is 6.92 Å². The summed E-state index contributed by atoms with van der Waals surface area (Å²) in [5, 5.41) is 3.02. The fourth-order valence-electron chi connectivity index (χ4n) is 3.43. The Kier molecular flexibility index (Phi) is 5.71. The Morgan fingerprint density at radius 2 is 1.62 bits per heavy atom. The van der Waals surface area contributed by atoms with Gasteiger partial charge in [-0.3, -0.25) is 9.59 Å². The average molecular weight is 350 g/mol. The molecule has 0 saturated carbocycles. The summed E-state index contributed by atoms with van der Waals surface area (Å²) in [6.45, 7) is 5.73. The highest BCUT2D eigenvalue weighted by molar-refractivity contribution is 6.05. The summed E-state index contributed by atoms with van der Waals surface area (Å²) in [4.78, 5) is 27.0. The molecule has 136 valence electrons. The first-order valence-corrected chi connectivity index (χ1v) is 9.39. The zero-order valence-electron chi connectivity index (χ0n) is 15.5. The van der Waals surface area contributed by atoms with E-state index in [1.807, 2.05) is 30.0 Å². The standard InChI is InChI=1S/C22H26N2O2/c1-3-17-9-7-8-16(2)20(17)23-21(25)18-10-12-19(13-11-18)22(26)24-14-5-4-6-15-24/h7-13H,3-6,14-15H2,1-2H3,(H,23,25). The van der Waals surface area contributed by atoms with E-state index in [9.17, 15) is 9.59 Å². The van der Waals surface area contributed by atoms with E-state index in [1.165, 1.54) is 6.42 Å². The number of piperidine rings is 1. The number of amides is 2. The summed E-state index contributed by atoms with van der Waals surface area (Å²) < 4.78 is 0. The summed E-state index contributed by atoms with van der Waals surface area (Å²) >= 11 is 0. The van der Waals surface area contributed by atoms with Crippen LogP contribution in [-0.4, -0.2) is 29.8 Å². The molecule has 2 amide bonds. The number of rotatable bonds is 4. The predicted octanol–water partition coefficient (Wildman–Crippen LogP) is 4.44. The SMILES string of the molecule is CCc1cccc(C)c1NC(=O)c1ccc(C(=O)N2CCCCC2)cc1. The minimum absolute atomic E-state index is 0.0591. The number of hydrogen-bond acceptors (Lipinski definition) is 2. The van der Waals surface area contributed by atoms with Gasteiger partial charge in [0.05, 0.1) is 0 Å². The fraction of sp³-hybridized carbons (Fsp3) is 0.364. The lowest BCUT2D eigenvalue weighted by Crippen LogP contribution is -2.35. The van der Waals surface area contributed by atoms with Gasteiger partial charge in [-0.15, -0.1) is 0 Å². The van der Waals surface area contributed by atoms with Crippen LogP contribution in [0.2, 0.25) is 0 Å². The van der Waals surface area contributed by atoms with Crippen molar-refractivity contribution in [3.05, 3.63) is 64.7 Å². The third-order valence-corrected chi connectivity index (χ3v) is 5.02. The number of aryl methyl sites for hydroxylation is 2. The molecule has 1 heterocycles. The van der Waals surface area contributed by atoms with Crippen LogP contribution < -0.4 is 5.32 Å². The maximum atomic E-state index is 12.6. The van der Waals surface area contributed by atoms with Gasteiger partial charge in [0, 0.05) is 29.9 Å². The zero-order chi connectivity index (χ0) is 18.5. The van der Waals surface area contributed by atoms with Gasteiger partial charge in [0.2, 0.25) is 0 Å². The maximum absolute atomic E-state index is 12.6. The number of carbonyl (C=O) groups excluding carboxylic acids is 2. The second kappa shape index (κ2) is 8.17. The number of para-hydroxylation sites is 1. The predicted molar refractivity (Wildman–Crippen MR) is 105 cm³/mol. The number of benzene rings is 2. The van der Waals surface area contributed by atoms with Gasteiger partial charge < -0.3 is 10.2 Å². The van der Waals surface area contributed by atoms with Crippen LogP contribution in [0.1, 0.15) is 58.0 Å². The van der Waals surface area contributed by atoms with Crippen LogP contribution in [-0.2, 0) is 6.42 Å². The van der Waals surface area contributed by atoms with Crippen LogP contribution in [0.5, 0.6) is 0 Å². The highest BCUT2D eigenvalue weighted by Gasteiger charge is 2.18. The number of likely N-dealkylation sites (tertiary alicyclic amines) is 1. The lowest BCUT2D eigenvalue weighted by Gasteiger charge is -2.26. The Morgan fingerprint density at radius 3 is 2.27 bits per heavy atom. The molecule has 0 atom stereocenters. The number of nitrogens with zero attached hydrogens (tertiary/aromatic N) is 1. The van der Waals surface area contributed by atoms with Gasteiger partial charge in [0.25, 0.3) is 11.8 Å². The van der Waals surface area contributed by atoms with E-state index in [1.54, 1.807) is 24.3 Å². The van der Waals surface area contributed by atoms with E-state index in [2.05, 4.69) is 12.2 Å². The quantitative estimate of drug-likeness (QED) is 0.886. The molecule has 0 aliphatic carbocycles. The topological polar surface area (TPSA) is 49.4 Å². The molecule has 4 nitrogen and oxygen atoms in total. The van der Waals surface area contributed by atoms with Gasteiger partial charge in [-0.2, -0.15) is 0 Å². The molecule has 1 saturated heterocycles. The maximum Gasteiger partial charge on any atom is 0.255 e. The smallest absolute Gasteiger partial charge is 0.255 e. The molecule has 1 fully saturated rings.